The fraction of sp³-hybridized carbons (Fsp3) is 0.562. The van der Waals surface area contributed by atoms with Gasteiger partial charge in [-0.2, -0.15) is 0 Å². The lowest BCUT2D eigenvalue weighted by Crippen LogP contribution is -2.34. The molecule has 0 aromatic heterocycles. The average molecular weight is 341 g/mol. The van der Waals surface area contributed by atoms with Gasteiger partial charge in [0.1, 0.15) is 12.4 Å². The van der Waals surface area contributed by atoms with Crippen molar-refractivity contribution in [2.24, 2.45) is 5.92 Å². The van der Waals surface area contributed by atoms with Gasteiger partial charge in [-0.25, -0.2) is 13.1 Å². The molecule has 1 aliphatic heterocycles. The molecule has 1 amide bonds. The topological polar surface area (TPSA) is 81.7 Å². The Morgan fingerprint density at radius 2 is 2.17 bits per heavy atom. The number of nitrogens with one attached hydrogen (secondary N) is 1. The van der Waals surface area contributed by atoms with Crippen LogP contribution >= 0.6 is 0 Å². The molecule has 0 spiro atoms. The summed E-state index contributed by atoms with van der Waals surface area (Å²) in [5, 5.41) is 0. The zero-order valence-electron chi connectivity index (χ0n) is 13.7. The van der Waals surface area contributed by atoms with Crippen molar-refractivity contribution in [2.75, 3.05) is 13.2 Å². The van der Waals surface area contributed by atoms with Crippen molar-refractivity contribution in [3.63, 3.8) is 0 Å². The third-order valence-corrected chi connectivity index (χ3v) is 5.16. The van der Waals surface area contributed by atoms with Gasteiger partial charge in [0.15, 0.2) is 0 Å². The Morgan fingerprint density at radius 3 is 2.74 bits per heavy atom. The van der Waals surface area contributed by atoms with Crippen LogP contribution in [0.3, 0.4) is 0 Å². The molecular weight excluding hydrogens is 318 g/mol. The summed E-state index contributed by atoms with van der Waals surface area (Å²) < 4.78 is 37.7. The third kappa shape index (κ3) is 4.68. The Labute approximate surface area is 137 Å². The fourth-order valence-electron chi connectivity index (χ4n) is 2.28. The number of benzene rings is 1. The van der Waals surface area contributed by atoms with Crippen LogP contribution in [0.5, 0.6) is 5.75 Å². The van der Waals surface area contributed by atoms with E-state index in [1.54, 1.807) is 32.9 Å². The van der Waals surface area contributed by atoms with Crippen molar-refractivity contribution in [1.82, 2.24) is 4.72 Å². The van der Waals surface area contributed by atoms with E-state index < -0.39 is 21.8 Å². The molecule has 0 aliphatic carbocycles. The number of hydrogen-bond donors (Lipinski definition) is 1. The molecule has 7 heteroatoms. The molecule has 0 saturated carbocycles. The van der Waals surface area contributed by atoms with Gasteiger partial charge in [-0.15, -0.1) is 0 Å². The van der Waals surface area contributed by atoms with Gasteiger partial charge in [0.05, 0.1) is 11.0 Å². The third-order valence-electron chi connectivity index (χ3n) is 3.66. The Bertz CT molecular complexity index is 663. The first-order valence-corrected chi connectivity index (χ1v) is 9.19. The normalized spacial score (nSPS) is 18.2. The van der Waals surface area contributed by atoms with Crippen molar-refractivity contribution in [2.45, 2.75) is 44.6 Å². The number of sulfonamides is 1. The van der Waals surface area contributed by atoms with Crippen molar-refractivity contribution < 1.29 is 22.7 Å². The minimum atomic E-state index is -3.86. The molecule has 2 rings (SSSR count). The van der Waals surface area contributed by atoms with Crippen molar-refractivity contribution in [1.29, 1.82) is 0 Å². The van der Waals surface area contributed by atoms with E-state index in [-0.39, 0.29) is 11.0 Å². The monoisotopic (exact) mass is 341 g/mol. The summed E-state index contributed by atoms with van der Waals surface area (Å²) in [6.45, 7) is 6.17. The van der Waals surface area contributed by atoms with Crippen LogP contribution in [0.1, 0.15) is 32.3 Å². The van der Waals surface area contributed by atoms with E-state index in [1.165, 1.54) is 6.07 Å². The Balaban J connectivity index is 2.07. The van der Waals surface area contributed by atoms with Gasteiger partial charge in [0.2, 0.25) is 5.91 Å². The van der Waals surface area contributed by atoms with Crippen LogP contribution in [-0.4, -0.2) is 33.6 Å². The molecule has 23 heavy (non-hydrogen) atoms. The van der Waals surface area contributed by atoms with Crippen LogP contribution in [-0.2, 0) is 19.6 Å². The van der Waals surface area contributed by atoms with Gasteiger partial charge < -0.3 is 9.47 Å². The second-order valence-corrected chi connectivity index (χ2v) is 7.65. The van der Waals surface area contributed by atoms with E-state index in [1.807, 2.05) is 0 Å². The van der Waals surface area contributed by atoms with Crippen LogP contribution in [0.2, 0.25) is 0 Å². The molecular formula is C16H23NO5S. The number of aryl methyl sites for hydroxylation is 1. The van der Waals surface area contributed by atoms with Crippen molar-refractivity contribution in [3.05, 3.63) is 23.8 Å². The van der Waals surface area contributed by atoms with Gasteiger partial charge in [0, 0.05) is 12.5 Å². The van der Waals surface area contributed by atoms with Gasteiger partial charge in [-0.3, -0.25) is 4.79 Å². The van der Waals surface area contributed by atoms with Gasteiger partial charge in [-0.1, -0.05) is 13.8 Å². The number of ether oxygens (including phenoxy) is 2. The Kier molecular flexibility index (Phi) is 5.64. The summed E-state index contributed by atoms with van der Waals surface area (Å²) in [7, 11) is -3.86. The lowest BCUT2D eigenvalue weighted by Gasteiger charge is -2.14. The molecule has 1 saturated heterocycles. The molecule has 1 fully saturated rings. The molecule has 0 radical (unpaired) electrons. The smallest absolute Gasteiger partial charge is 0.264 e. The van der Waals surface area contributed by atoms with Crippen LogP contribution in [0, 0.1) is 12.8 Å². The number of amides is 1. The molecule has 1 aliphatic rings. The van der Waals surface area contributed by atoms with Crippen LogP contribution < -0.4 is 9.46 Å². The van der Waals surface area contributed by atoms with Gasteiger partial charge in [0.25, 0.3) is 10.0 Å². The molecule has 0 unspecified atom stereocenters. The Hall–Kier alpha value is -1.60. The molecule has 1 aromatic carbocycles. The summed E-state index contributed by atoms with van der Waals surface area (Å²) >= 11 is 0. The van der Waals surface area contributed by atoms with E-state index >= 15 is 0 Å². The predicted octanol–water partition coefficient (Wildman–Crippen LogP) is 2.01. The van der Waals surface area contributed by atoms with Crippen LogP contribution in [0.25, 0.3) is 0 Å². The molecule has 1 aromatic rings. The maximum absolute atomic E-state index is 12.3. The first-order valence-electron chi connectivity index (χ1n) is 7.71. The first kappa shape index (κ1) is 17.7. The first-order chi connectivity index (χ1) is 10.8. The maximum Gasteiger partial charge on any atom is 0.264 e. The minimum Gasteiger partial charge on any atom is -0.491 e. The zero-order chi connectivity index (χ0) is 17.0. The number of rotatable bonds is 6. The van der Waals surface area contributed by atoms with Crippen molar-refractivity contribution >= 4 is 15.9 Å². The van der Waals surface area contributed by atoms with E-state index in [2.05, 4.69) is 4.72 Å². The molecule has 0 bridgehead atoms. The highest BCUT2D eigenvalue weighted by Gasteiger charge is 2.22. The highest BCUT2D eigenvalue weighted by Crippen LogP contribution is 2.22. The van der Waals surface area contributed by atoms with Gasteiger partial charge in [-0.05, 0) is 43.5 Å². The summed E-state index contributed by atoms with van der Waals surface area (Å²) in [6, 6.07) is 4.70. The zero-order valence-corrected chi connectivity index (χ0v) is 14.5. The molecule has 6 nitrogen and oxygen atoms in total. The van der Waals surface area contributed by atoms with Crippen LogP contribution in [0.15, 0.2) is 23.1 Å². The predicted molar refractivity (Wildman–Crippen MR) is 85.8 cm³/mol. The number of carbonyl (C=O) groups excluding carboxylic acids is 1. The second-order valence-electron chi connectivity index (χ2n) is 6.00. The van der Waals surface area contributed by atoms with E-state index in [0.717, 1.165) is 19.4 Å². The van der Waals surface area contributed by atoms with Crippen molar-refractivity contribution in [3.8, 4) is 5.75 Å². The standard InChI is InChI=1S/C16H23NO5S/c1-11(2)16(18)17-23(19,20)15-7-6-13(9-12(15)3)22-10-14-5-4-8-21-14/h6-7,9,11,14H,4-5,8,10H2,1-3H3,(H,17,18)/t14-/m0/s1. The summed E-state index contributed by atoms with van der Waals surface area (Å²) in [4.78, 5) is 11.7. The van der Waals surface area contributed by atoms with Gasteiger partial charge >= 0.3 is 0 Å². The summed E-state index contributed by atoms with van der Waals surface area (Å²) in [6.07, 6.45) is 2.12. The SMILES string of the molecule is Cc1cc(OC[C@@H]2CCCO2)ccc1S(=O)(=O)NC(=O)C(C)C. The van der Waals surface area contributed by atoms with E-state index in [0.29, 0.717) is 17.9 Å². The summed E-state index contributed by atoms with van der Waals surface area (Å²) in [5.74, 6) is -0.339. The second kappa shape index (κ2) is 7.31. The Morgan fingerprint density at radius 1 is 1.43 bits per heavy atom. The highest BCUT2D eigenvalue weighted by molar-refractivity contribution is 7.90. The molecule has 1 heterocycles. The molecule has 1 atom stereocenters. The number of carbonyl (C=O) groups is 1. The van der Waals surface area contributed by atoms with Crippen LogP contribution in [0.4, 0.5) is 0 Å². The quantitative estimate of drug-likeness (QED) is 0.856. The van der Waals surface area contributed by atoms with E-state index in [9.17, 15) is 13.2 Å². The average Bonchev–Trinajstić information content (AvgIpc) is 2.97. The largest absolute Gasteiger partial charge is 0.491 e. The lowest BCUT2D eigenvalue weighted by atomic mass is 10.2. The molecule has 128 valence electrons. The minimum absolute atomic E-state index is 0.0796. The fourth-order valence-corrected chi connectivity index (χ4v) is 3.62. The maximum atomic E-state index is 12.3. The number of hydrogen-bond acceptors (Lipinski definition) is 5. The van der Waals surface area contributed by atoms with E-state index in [4.69, 9.17) is 9.47 Å². The summed E-state index contributed by atoms with van der Waals surface area (Å²) in [5.41, 5.74) is 0.527. The highest BCUT2D eigenvalue weighted by atomic mass is 32.2. The molecule has 1 N–H and O–H groups in total. The lowest BCUT2D eigenvalue weighted by molar-refractivity contribution is -0.122.